The fraction of sp³-hybridized carbons (Fsp3) is 0. The van der Waals surface area contributed by atoms with Crippen LogP contribution in [0.1, 0.15) is 15.9 Å². The van der Waals surface area contributed by atoms with Gasteiger partial charge in [-0.25, -0.2) is 4.79 Å². The van der Waals surface area contributed by atoms with Crippen LogP contribution in [0.2, 0.25) is 0 Å². The highest BCUT2D eigenvalue weighted by molar-refractivity contribution is 5.89. The number of carboxylic acid groups (broad SMARTS) is 1. The second-order valence-corrected chi connectivity index (χ2v) is 4.10. The Kier molecular flexibility index (Phi) is 2.38. The van der Waals surface area contributed by atoms with Gasteiger partial charge in [-0.05, 0) is 41.5 Å². The third kappa shape index (κ3) is 1.76. The predicted molar refractivity (Wildman–Crippen MR) is 69.7 cm³/mol. The van der Waals surface area contributed by atoms with E-state index >= 15 is 0 Å². The minimum absolute atomic E-state index is 0.299. The third-order valence-corrected chi connectivity index (χ3v) is 2.94. The van der Waals surface area contributed by atoms with E-state index in [1.54, 1.807) is 24.4 Å². The molecule has 0 saturated carbocycles. The molecular formula is C15H10NO2. The fourth-order valence-electron chi connectivity index (χ4n) is 2.01. The van der Waals surface area contributed by atoms with Gasteiger partial charge in [0.15, 0.2) is 0 Å². The van der Waals surface area contributed by atoms with Crippen LogP contribution >= 0.6 is 0 Å². The normalized spacial score (nSPS) is 12.0. The number of hydrogen-bond donors (Lipinski definition) is 1. The number of nitrogens with zero attached hydrogens (tertiary/aromatic N) is 1. The lowest BCUT2D eigenvalue weighted by molar-refractivity contribution is 0.0697. The molecule has 3 rings (SSSR count). The molecule has 0 aromatic heterocycles. The number of carboxylic acids is 1. The van der Waals surface area contributed by atoms with E-state index < -0.39 is 5.97 Å². The first-order valence-corrected chi connectivity index (χ1v) is 5.59. The average molecular weight is 236 g/mol. The Morgan fingerprint density at radius 3 is 2.72 bits per heavy atom. The van der Waals surface area contributed by atoms with Gasteiger partial charge in [-0.15, -0.1) is 0 Å². The highest BCUT2D eigenvalue weighted by Crippen LogP contribution is 2.29. The van der Waals surface area contributed by atoms with Crippen LogP contribution in [0.25, 0.3) is 17.2 Å². The molecule has 0 unspecified atom stereocenters. The van der Waals surface area contributed by atoms with Crippen LogP contribution in [0, 0.1) is 0 Å². The molecule has 2 aromatic carbocycles. The molecule has 1 heterocycles. The summed E-state index contributed by atoms with van der Waals surface area (Å²) < 4.78 is 0. The second-order valence-electron chi connectivity index (χ2n) is 4.10. The van der Waals surface area contributed by atoms with Gasteiger partial charge in [0.25, 0.3) is 0 Å². The molecule has 0 aliphatic carbocycles. The summed E-state index contributed by atoms with van der Waals surface area (Å²) in [5.74, 6) is -0.909. The number of fused-ring (bicyclic) bond motifs is 1. The van der Waals surface area contributed by atoms with Crippen LogP contribution in [0.4, 0.5) is 5.69 Å². The Labute approximate surface area is 104 Å². The highest BCUT2D eigenvalue weighted by atomic mass is 16.4. The van der Waals surface area contributed by atoms with Gasteiger partial charge in [-0.3, -0.25) is 5.32 Å². The first kappa shape index (κ1) is 10.6. The summed E-state index contributed by atoms with van der Waals surface area (Å²) in [6, 6.07) is 12.8. The van der Waals surface area contributed by atoms with Crippen molar-refractivity contribution in [3.8, 4) is 11.1 Å². The first-order valence-electron chi connectivity index (χ1n) is 5.59. The summed E-state index contributed by atoms with van der Waals surface area (Å²) in [6.07, 6.45) is 3.71. The summed E-state index contributed by atoms with van der Waals surface area (Å²) in [7, 11) is 0. The summed E-state index contributed by atoms with van der Waals surface area (Å²) in [4.78, 5) is 10.9. The van der Waals surface area contributed by atoms with E-state index in [0.717, 1.165) is 22.4 Å². The molecule has 1 aliphatic heterocycles. The van der Waals surface area contributed by atoms with Crippen LogP contribution in [-0.4, -0.2) is 11.1 Å². The maximum absolute atomic E-state index is 10.9. The topological polar surface area (TPSA) is 51.4 Å². The molecule has 1 aliphatic rings. The lowest BCUT2D eigenvalue weighted by Gasteiger charge is -2.05. The zero-order valence-corrected chi connectivity index (χ0v) is 9.50. The van der Waals surface area contributed by atoms with Crippen molar-refractivity contribution in [2.45, 2.75) is 0 Å². The van der Waals surface area contributed by atoms with Crippen LogP contribution in [0.15, 0.2) is 48.7 Å². The van der Waals surface area contributed by atoms with Crippen molar-refractivity contribution < 1.29 is 9.90 Å². The summed E-state index contributed by atoms with van der Waals surface area (Å²) >= 11 is 0. The molecular weight excluding hydrogens is 226 g/mol. The second kappa shape index (κ2) is 4.04. The quantitative estimate of drug-likeness (QED) is 0.869. The standard InChI is InChI=1S/C15H10NO2/c17-15(18)13-3-1-2-10(9-13)11-4-5-14-12(8-11)6-7-16-14/h1-9H,(H,17,18). The maximum Gasteiger partial charge on any atom is 0.335 e. The van der Waals surface area contributed by atoms with Crippen molar-refractivity contribution >= 4 is 17.7 Å². The van der Waals surface area contributed by atoms with Crippen LogP contribution < -0.4 is 5.32 Å². The first-order chi connectivity index (χ1) is 8.74. The van der Waals surface area contributed by atoms with Gasteiger partial charge in [0, 0.05) is 11.8 Å². The Morgan fingerprint density at radius 2 is 1.89 bits per heavy atom. The van der Waals surface area contributed by atoms with Gasteiger partial charge >= 0.3 is 5.97 Å². The van der Waals surface area contributed by atoms with Crippen LogP contribution in [0.5, 0.6) is 0 Å². The third-order valence-electron chi connectivity index (χ3n) is 2.94. The monoisotopic (exact) mass is 236 g/mol. The summed E-state index contributed by atoms with van der Waals surface area (Å²) in [6.45, 7) is 0. The minimum atomic E-state index is -0.909. The number of rotatable bonds is 2. The molecule has 18 heavy (non-hydrogen) atoms. The molecule has 0 amide bonds. The largest absolute Gasteiger partial charge is 0.478 e. The molecule has 2 aromatic rings. The molecule has 3 nitrogen and oxygen atoms in total. The molecule has 1 N–H and O–H groups in total. The van der Waals surface area contributed by atoms with Crippen molar-refractivity contribution in [3.05, 3.63) is 59.8 Å². The smallest absolute Gasteiger partial charge is 0.335 e. The van der Waals surface area contributed by atoms with E-state index in [1.807, 2.05) is 30.3 Å². The Balaban J connectivity index is 2.07. The van der Waals surface area contributed by atoms with Gasteiger partial charge in [-0.1, -0.05) is 18.2 Å². The number of hydrogen-bond acceptors (Lipinski definition) is 1. The molecule has 87 valence electrons. The van der Waals surface area contributed by atoms with E-state index in [9.17, 15) is 4.79 Å². The molecule has 3 heteroatoms. The number of aromatic carboxylic acids is 1. The van der Waals surface area contributed by atoms with Crippen LogP contribution in [0.3, 0.4) is 0 Å². The summed E-state index contributed by atoms with van der Waals surface area (Å²) in [5.41, 5.74) is 4.21. The summed E-state index contributed by atoms with van der Waals surface area (Å²) in [5, 5.41) is 13.2. The Hall–Kier alpha value is -2.55. The molecule has 0 spiro atoms. The van der Waals surface area contributed by atoms with E-state index in [4.69, 9.17) is 5.11 Å². The van der Waals surface area contributed by atoms with Crippen LogP contribution in [-0.2, 0) is 0 Å². The zero-order chi connectivity index (χ0) is 12.5. The molecule has 1 radical (unpaired) electrons. The van der Waals surface area contributed by atoms with Crippen molar-refractivity contribution in [2.24, 2.45) is 0 Å². The molecule has 0 atom stereocenters. The number of carbonyl (C=O) groups is 1. The lowest BCUT2D eigenvalue weighted by atomic mass is 10.0. The van der Waals surface area contributed by atoms with E-state index in [1.165, 1.54) is 0 Å². The minimum Gasteiger partial charge on any atom is -0.478 e. The van der Waals surface area contributed by atoms with Gasteiger partial charge in [0.1, 0.15) is 0 Å². The van der Waals surface area contributed by atoms with E-state index in [-0.39, 0.29) is 0 Å². The lowest BCUT2D eigenvalue weighted by Crippen LogP contribution is -1.95. The van der Waals surface area contributed by atoms with Gasteiger partial charge < -0.3 is 5.11 Å². The molecule has 0 bridgehead atoms. The van der Waals surface area contributed by atoms with Gasteiger partial charge in [0.2, 0.25) is 0 Å². The van der Waals surface area contributed by atoms with Crippen molar-refractivity contribution in [1.82, 2.24) is 5.32 Å². The maximum atomic E-state index is 10.9. The van der Waals surface area contributed by atoms with Gasteiger partial charge in [-0.2, -0.15) is 0 Å². The van der Waals surface area contributed by atoms with Gasteiger partial charge in [0.05, 0.1) is 11.3 Å². The van der Waals surface area contributed by atoms with E-state index in [2.05, 4.69) is 5.32 Å². The van der Waals surface area contributed by atoms with E-state index in [0.29, 0.717) is 5.56 Å². The molecule has 0 saturated heterocycles. The average Bonchev–Trinajstić information content (AvgIpc) is 2.86. The number of benzene rings is 2. The molecule has 0 fully saturated rings. The van der Waals surface area contributed by atoms with Crippen molar-refractivity contribution in [1.29, 1.82) is 0 Å². The van der Waals surface area contributed by atoms with Crippen molar-refractivity contribution in [2.75, 3.05) is 0 Å². The predicted octanol–water partition coefficient (Wildman–Crippen LogP) is 3.27. The highest BCUT2D eigenvalue weighted by Gasteiger charge is 2.09. The Bertz CT molecular complexity index is 659. The SMILES string of the molecule is O=C(O)c1cccc(-c2ccc3c(c2)C=C[N]3)c1. The Morgan fingerprint density at radius 1 is 1.06 bits per heavy atom. The van der Waals surface area contributed by atoms with Crippen molar-refractivity contribution in [3.63, 3.8) is 0 Å². The fourth-order valence-corrected chi connectivity index (χ4v) is 2.01. The zero-order valence-electron chi connectivity index (χ0n) is 9.50.